The van der Waals surface area contributed by atoms with Gasteiger partial charge in [-0.2, -0.15) is 4.31 Å². The lowest BCUT2D eigenvalue weighted by molar-refractivity contribution is -0.125. The van der Waals surface area contributed by atoms with Crippen molar-refractivity contribution in [3.63, 3.8) is 0 Å². The third kappa shape index (κ3) is 3.74. The molecule has 5 nitrogen and oxygen atoms in total. The van der Waals surface area contributed by atoms with Crippen LogP contribution in [0.3, 0.4) is 0 Å². The third-order valence-corrected chi connectivity index (χ3v) is 6.20. The van der Waals surface area contributed by atoms with E-state index in [2.05, 4.69) is 5.32 Å². The number of sulfonamides is 1. The van der Waals surface area contributed by atoms with Crippen molar-refractivity contribution in [1.82, 2.24) is 9.62 Å². The van der Waals surface area contributed by atoms with Crippen LogP contribution in [0, 0.1) is 5.92 Å². The minimum absolute atomic E-state index is 0.0155. The van der Waals surface area contributed by atoms with E-state index in [1.165, 1.54) is 22.5 Å². The molecule has 1 fully saturated rings. The van der Waals surface area contributed by atoms with Crippen molar-refractivity contribution < 1.29 is 13.2 Å². The van der Waals surface area contributed by atoms with Crippen LogP contribution in [-0.4, -0.2) is 38.3 Å². The average Bonchev–Trinajstić information content (AvgIpc) is 2.50. The fourth-order valence-corrected chi connectivity index (χ4v) is 4.77. The standard InChI is InChI=1S/C14H18Cl2N2O3S/c1-2-17-14(19)10-4-3-7-18(9-10)22(20,21)13-8-11(15)5-6-12(13)16/h5-6,8,10H,2-4,7,9H2,1H3,(H,17,19)/t10-/m0/s1. The second-order valence-corrected chi connectivity index (χ2v) is 7.92. The second-order valence-electron chi connectivity index (χ2n) is 5.17. The molecule has 1 heterocycles. The summed E-state index contributed by atoms with van der Waals surface area (Å²) in [6.45, 7) is 2.90. The van der Waals surface area contributed by atoms with Crippen LogP contribution >= 0.6 is 23.2 Å². The van der Waals surface area contributed by atoms with Gasteiger partial charge in [0.2, 0.25) is 15.9 Å². The van der Waals surface area contributed by atoms with E-state index in [1.807, 2.05) is 6.92 Å². The Bertz CT molecular complexity index is 664. The Morgan fingerprint density at radius 2 is 2.14 bits per heavy atom. The van der Waals surface area contributed by atoms with E-state index in [1.54, 1.807) is 0 Å². The first-order valence-electron chi connectivity index (χ1n) is 7.09. The number of rotatable bonds is 4. The quantitative estimate of drug-likeness (QED) is 0.892. The molecule has 122 valence electrons. The molecule has 0 aromatic heterocycles. The van der Waals surface area contributed by atoms with E-state index in [0.29, 0.717) is 31.0 Å². The molecule has 1 N–H and O–H groups in total. The summed E-state index contributed by atoms with van der Waals surface area (Å²) in [5.74, 6) is -0.443. The second kappa shape index (κ2) is 7.17. The highest BCUT2D eigenvalue weighted by molar-refractivity contribution is 7.89. The molecule has 0 bridgehead atoms. The molecule has 0 radical (unpaired) electrons. The van der Waals surface area contributed by atoms with Gasteiger partial charge < -0.3 is 5.32 Å². The summed E-state index contributed by atoms with van der Waals surface area (Å²) in [5, 5.41) is 3.17. The van der Waals surface area contributed by atoms with E-state index < -0.39 is 10.0 Å². The first-order chi connectivity index (χ1) is 10.4. The molecule has 0 unspecified atom stereocenters. The molecule has 1 amide bonds. The van der Waals surface area contributed by atoms with Gasteiger partial charge in [-0.15, -0.1) is 0 Å². The number of hydrogen-bond acceptors (Lipinski definition) is 3. The van der Waals surface area contributed by atoms with Crippen LogP contribution in [0.4, 0.5) is 0 Å². The van der Waals surface area contributed by atoms with E-state index in [9.17, 15) is 13.2 Å². The maximum absolute atomic E-state index is 12.7. The van der Waals surface area contributed by atoms with Crippen LogP contribution in [0.25, 0.3) is 0 Å². The zero-order chi connectivity index (χ0) is 16.3. The molecule has 1 aromatic rings. The summed E-state index contributed by atoms with van der Waals surface area (Å²) in [4.78, 5) is 11.9. The molecule has 2 rings (SSSR count). The smallest absolute Gasteiger partial charge is 0.244 e. The van der Waals surface area contributed by atoms with E-state index in [4.69, 9.17) is 23.2 Å². The van der Waals surface area contributed by atoms with Gasteiger partial charge in [-0.25, -0.2) is 8.42 Å². The number of halogens is 2. The van der Waals surface area contributed by atoms with Crippen LogP contribution in [-0.2, 0) is 14.8 Å². The fraction of sp³-hybridized carbons (Fsp3) is 0.500. The first kappa shape index (κ1) is 17.5. The molecule has 22 heavy (non-hydrogen) atoms. The van der Waals surface area contributed by atoms with Gasteiger partial charge in [0.1, 0.15) is 4.90 Å². The monoisotopic (exact) mass is 364 g/mol. The molecule has 0 saturated carbocycles. The number of carbonyl (C=O) groups is 1. The average molecular weight is 365 g/mol. The van der Waals surface area contributed by atoms with E-state index in [0.717, 1.165) is 0 Å². The summed E-state index contributed by atoms with van der Waals surface area (Å²) >= 11 is 11.9. The van der Waals surface area contributed by atoms with Crippen molar-refractivity contribution in [1.29, 1.82) is 0 Å². The van der Waals surface area contributed by atoms with Crippen molar-refractivity contribution in [3.8, 4) is 0 Å². The molecular formula is C14H18Cl2N2O3S. The highest BCUT2D eigenvalue weighted by Gasteiger charge is 2.34. The van der Waals surface area contributed by atoms with Crippen molar-refractivity contribution in [3.05, 3.63) is 28.2 Å². The van der Waals surface area contributed by atoms with Gasteiger partial charge in [-0.3, -0.25) is 4.79 Å². The summed E-state index contributed by atoms with van der Waals surface area (Å²) < 4.78 is 26.8. The Morgan fingerprint density at radius 1 is 1.41 bits per heavy atom. The molecule has 0 spiro atoms. The Kier molecular flexibility index (Phi) is 5.71. The molecule has 1 saturated heterocycles. The lowest BCUT2D eigenvalue weighted by Gasteiger charge is -2.31. The lowest BCUT2D eigenvalue weighted by atomic mass is 9.99. The number of nitrogens with zero attached hydrogens (tertiary/aromatic N) is 1. The zero-order valence-corrected chi connectivity index (χ0v) is 14.5. The van der Waals surface area contributed by atoms with Gasteiger partial charge in [-0.1, -0.05) is 23.2 Å². The van der Waals surface area contributed by atoms with Gasteiger partial charge in [0, 0.05) is 24.7 Å². The van der Waals surface area contributed by atoms with Gasteiger partial charge >= 0.3 is 0 Å². The van der Waals surface area contributed by atoms with Crippen molar-refractivity contribution in [2.45, 2.75) is 24.7 Å². The molecule has 1 aliphatic rings. The van der Waals surface area contributed by atoms with Crippen molar-refractivity contribution in [2.24, 2.45) is 5.92 Å². The highest BCUT2D eigenvalue weighted by atomic mass is 35.5. The number of hydrogen-bond donors (Lipinski definition) is 1. The summed E-state index contributed by atoms with van der Waals surface area (Å²) in [6.07, 6.45) is 1.32. The van der Waals surface area contributed by atoms with Gasteiger partial charge in [0.05, 0.1) is 10.9 Å². The van der Waals surface area contributed by atoms with Gasteiger partial charge in [0.15, 0.2) is 0 Å². The Morgan fingerprint density at radius 3 is 2.82 bits per heavy atom. The maximum Gasteiger partial charge on any atom is 0.244 e. The maximum atomic E-state index is 12.7. The SMILES string of the molecule is CCNC(=O)[C@H]1CCCN(S(=O)(=O)c2cc(Cl)ccc2Cl)C1. The Balaban J connectivity index is 2.25. The third-order valence-electron chi connectivity index (χ3n) is 3.62. The predicted octanol–water partition coefficient (Wildman–Crippen LogP) is 2.53. The molecule has 1 aromatic carbocycles. The van der Waals surface area contributed by atoms with Crippen molar-refractivity contribution in [2.75, 3.05) is 19.6 Å². The van der Waals surface area contributed by atoms with Gasteiger partial charge in [0.25, 0.3) is 0 Å². The summed E-state index contributed by atoms with van der Waals surface area (Å²) in [5.41, 5.74) is 0. The largest absolute Gasteiger partial charge is 0.356 e. The normalized spacial score (nSPS) is 19.9. The van der Waals surface area contributed by atoms with Crippen LogP contribution in [0.5, 0.6) is 0 Å². The molecular weight excluding hydrogens is 347 g/mol. The van der Waals surface area contributed by atoms with Crippen molar-refractivity contribution >= 4 is 39.1 Å². The van der Waals surface area contributed by atoms with Crippen LogP contribution < -0.4 is 5.32 Å². The lowest BCUT2D eigenvalue weighted by Crippen LogP contribution is -2.45. The molecule has 0 aliphatic carbocycles. The number of piperidine rings is 1. The molecule has 8 heteroatoms. The number of benzene rings is 1. The molecule has 1 atom stereocenters. The molecule has 1 aliphatic heterocycles. The van der Waals surface area contributed by atoms with Crippen LogP contribution in [0.2, 0.25) is 10.0 Å². The topological polar surface area (TPSA) is 66.5 Å². The van der Waals surface area contributed by atoms with Crippen LogP contribution in [0.15, 0.2) is 23.1 Å². The first-order valence-corrected chi connectivity index (χ1v) is 9.28. The Hall–Kier alpha value is -0.820. The Labute approximate surface area is 140 Å². The zero-order valence-electron chi connectivity index (χ0n) is 12.2. The summed E-state index contributed by atoms with van der Waals surface area (Å²) in [7, 11) is -3.76. The predicted molar refractivity (Wildman–Crippen MR) is 86.6 cm³/mol. The number of amides is 1. The number of carbonyl (C=O) groups excluding carboxylic acids is 1. The van der Waals surface area contributed by atoms with E-state index in [-0.39, 0.29) is 28.3 Å². The van der Waals surface area contributed by atoms with Gasteiger partial charge in [-0.05, 0) is 38.0 Å². The number of nitrogens with one attached hydrogen (secondary N) is 1. The highest BCUT2D eigenvalue weighted by Crippen LogP contribution is 2.30. The van der Waals surface area contributed by atoms with Crippen LogP contribution in [0.1, 0.15) is 19.8 Å². The minimum atomic E-state index is -3.76. The minimum Gasteiger partial charge on any atom is -0.356 e. The van der Waals surface area contributed by atoms with E-state index >= 15 is 0 Å². The summed E-state index contributed by atoms with van der Waals surface area (Å²) in [6, 6.07) is 4.34. The fourth-order valence-electron chi connectivity index (χ4n) is 2.51.